The number of hydrogen-bond acceptors (Lipinski definition) is 7. The van der Waals surface area contributed by atoms with Crippen molar-refractivity contribution in [1.82, 2.24) is 13.7 Å². The predicted molar refractivity (Wildman–Crippen MR) is 155 cm³/mol. The summed E-state index contributed by atoms with van der Waals surface area (Å²) in [4.78, 5) is 52.6. The van der Waals surface area contributed by atoms with Gasteiger partial charge in [-0.15, -0.1) is 0 Å². The molecule has 5 N–H and O–H groups in total. The number of nitrogens with one attached hydrogen (secondary N) is 2. The van der Waals surface area contributed by atoms with Crippen LogP contribution in [0.25, 0.3) is 16.6 Å². The fourth-order valence-electron chi connectivity index (χ4n) is 4.33. The summed E-state index contributed by atoms with van der Waals surface area (Å²) in [6.07, 6.45) is -1.39. The Balaban J connectivity index is 2.15. The van der Waals surface area contributed by atoms with Gasteiger partial charge < -0.3 is 21.5 Å². The van der Waals surface area contributed by atoms with E-state index in [1.807, 2.05) is 22.6 Å². The summed E-state index contributed by atoms with van der Waals surface area (Å²) in [6.45, 7) is 2.60. The summed E-state index contributed by atoms with van der Waals surface area (Å²) in [5.41, 5.74) is 4.23. The Morgan fingerprint density at radius 1 is 1.15 bits per heavy atom. The standard InChI is InChI=1S/C26H26FIN6O5/c1-13-22-21(23(32(3)24(13)37)31-19-8-7-15(28)11-18(19)27)25(38)33(10-9-20(29)36)26(39)34(22)17-6-4-5-16(12-17)30-14(2)35/h4-8,11-12,20,31,36H,9-10,29H2,1-3H3,(H,30,35)/t20-/m1/s1. The topological polar surface area (TPSA) is 153 Å². The Morgan fingerprint density at radius 3 is 2.51 bits per heavy atom. The van der Waals surface area contributed by atoms with Crippen LogP contribution in [0.15, 0.2) is 56.8 Å². The molecule has 0 radical (unpaired) electrons. The summed E-state index contributed by atoms with van der Waals surface area (Å²) in [5, 5.41) is 15.1. The number of halogens is 2. The molecular weight excluding hydrogens is 622 g/mol. The van der Waals surface area contributed by atoms with Gasteiger partial charge in [0, 0.05) is 41.8 Å². The largest absolute Gasteiger partial charge is 0.379 e. The van der Waals surface area contributed by atoms with E-state index < -0.39 is 28.9 Å². The summed E-state index contributed by atoms with van der Waals surface area (Å²) in [7, 11) is 1.43. The zero-order chi connectivity index (χ0) is 28.6. The van der Waals surface area contributed by atoms with Gasteiger partial charge >= 0.3 is 5.69 Å². The average molecular weight is 648 g/mol. The van der Waals surface area contributed by atoms with Crippen LogP contribution in [-0.2, 0) is 18.4 Å². The van der Waals surface area contributed by atoms with Gasteiger partial charge in [0.25, 0.3) is 11.1 Å². The Hall–Kier alpha value is -3.82. The van der Waals surface area contributed by atoms with Gasteiger partial charge in [-0.2, -0.15) is 0 Å². The number of aromatic nitrogens is 3. The lowest BCUT2D eigenvalue weighted by Gasteiger charge is -2.21. The Morgan fingerprint density at radius 2 is 1.87 bits per heavy atom. The monoisotopic (exact) mass is 648 g/mol. The second-order valence-corrected chi connectivity index (χ2v) is 10.2. The highest BCUT2D eigenvalue weighted by Gasteiger charge is 2.24. The Labute approximate surface area is 234 Å². The zero-order valence-electron chi connectivity index (χ0n) is 21.3. The summed E-state index contributed by atoms with van der Waals surface area (Å²) < 4.78 is 18.8. The van der Waals surface area contributed by atoms with Crippen LogP contribution >= 0.6 is 22.6 Å². The van der Waals surface area contributed by atoms with Gasteiger partial charge in [0.05, 0.1) is 16.9 Å². The second-order valence-electron chi connectivity index (χ2n) is 8.97. The lowest BCUT2D eigenvalue weighted by atomic mass is 10.1. The molecule has 0 aliphatic heterocycles. The minimum absolute atomic E-state index is 0.0179. The first kappa shape index (κ1) is 28.2. The molecule has 204 valence electrons. The van der Waals surface area contributed by atoms with Crippen LogP contribution in [0.4, 0.5) is 21.6 Å². The molecule has 4 rings (SSSR count). The summed E-state index contributed by atoms with van der Waals surface area (Å²) in [5.74, 6) is -0.965. The lowest BCUT2D eigenvalue weighted by Crippen LogP contribution is -2.42. The number of carbonyl (C=O) groups is 1. The first-order valence-corrected chi connectivity index (χ1v) is 12.9. The number of nitrogens with zero attached hydrogens (tertiary/aromatic N) is 3. The van der Waals surface area contributed by atoms with E-state index in [1.54, 1.807) is 24.3 Å². The molecule has 2 heterocycles. The average Bonchev–Trinajstić information content (AvgIpc) is 2.86. The molecule has 2 aromatic heterocycles. The van der Waals surface area contributed by atoms with Crippen LogP contribution in [0.5, 0.6) is 0 Å². The van der Waals surface area contributed by atoms with Crippen molar-refractivity contribution in [2.24, 2.45) is 12.8 Å². The SMILES string of the molecule is CC(=O)Nc1cccc(-n2c(=O)n(CC[C@H](N)O)c(=O)c3c(Nc4ccc(I)cc4F)n(C)c(=O)c(C)c32)c1. The minimum Gasteiger partial charge on any atom is -0.379 e. The van der Waals surface area contributed by atoms with Crippen molar-refractivity contribution >= 4 is 56.6 Å². The maximum Gasteiger partial charge on any atom is 0.336 e. The summed E-state index contributed by atoms with van der Waals surface area (Å²) >= 11 is 1.96. The number of fused-ring (bicyclic) bond motifs is 1. The lowest BCUT2D eigenvalue weighted by molar-refractivity contribution is -0.114. The predicted octanol–water partition coefficient (Wildman–Crippen LogP) is 2.27. The van der Waals surface area contributed by atoms with Gasteiger partial charge in [-0.3, -0.25) is 28.1 Å². The van der Waals surface area contributed by atoms with Crippen LogP contribution in [-0.4, -0.2) is 30.9 Å². The highest BCUT2D eigenvalue weighted by atomic mass is 127. The van der Waals surface area contributed by atoms with Crippen LogP contribution < -0.4 is 33.2 Å². The van der Waals surface area contributed by atoms with Gasteiger partial charge in [-0.1, -0.05) is 6.07 Å². The molecule has 11 nitrogen and oxygen atoms in total. The summed E-state index contributed by atoms with van der Waals surface area (Å²) in [6, 6.07) is 10.8. The Kier molecular flexibility index (Phi) is 8.04. The zero-order valence-corrected chi connectivity index (χ0v) is 23.4. The van der Waals surface area contributed by atoms with Crippen LogP contribution in [0.1, 0.15) is 18.9 Å². The number of carbonyl (C=O) groups excluding carboxylic acids is 1. The van der Waals surface area contributed by atoms with Crippen molar-refractivity contribution in [2.75, 3.05) is 10.6 Å². The fraction of sp³-hybridized carbons (Fsp3) is 0.231. The molecule has 1 atom stereocenters. The van der Waals surface area contributed by atoms with Crippen molar-refractivity contribution in [3.05, 3.63) is 88.6 Å². The highest BCUT2D eigenvalue weighted by molar-refractivity contribution is 14.1. The third-order valence-corrected chi connectivity index (χ3v) is 6.82. The van der Waals surface area contributed by atoms with E-state index in [9.17, 15) is 28.7 Å². The van der Waals surface area contributed by atoms with Crippen molar-refractivity contribution in [1.29, 1.82) is 0 Å². The fourth-order valence-corrected chi connectivity index (χ4v) is 4.78. The smallest absolute Gasteiger partial charge is 0.336 e. The number of benzene rings is 2. The van der Waals surface area contributed by atoms with Crippen LogP contribution in [0.3, 0.4) is 0 Å². The third-order valence-electron chi connectivity index (χ3n) is 6.15. The number of nitrogens with two attached hydrogens (primary N) is 1. The number of aliphatic hydroxyl groups is 1. The molecule has 0 aliphatic rings. The van der Waals surface area contributed by atoms with E-state index in [-0.39, 0.29) is 52.5 Å². The normalized spacial score (nSPS) is 12.0. The number of amides is 1. The molecule has 0 unspecified atom stereocenters. The number of anilines is 3. The number of pyridine rings is 1. The maximum absolute atomic E-state index is 14.8. The van der Waals surface area contributed by atoms with E-state index in [4.69, 9.17) is 5.73 Å². The van der Waals surface area contributed by atoms with E-state index in [0.717, 1.165) is 4.57 Å². The molecule has 4 aromatic rings. The molecule has 0 saturated carbocycles. The second kappa shape index (κ2) is 11.1. The van der Waals surface area contributed by atoms with Crippen molar-refractivity contribution in [3.63, 3.8) is 0 Å². The molecular formula is C26H26FIN6O5. The van der Waals surface area contributed by atoms with Gasteiger partial charge in [-0.25, -0.2) is 9.18 Å². The minimum atomic E-state index is -1.29. The number of aryl methyl sites for hydroxylation is 1. The molecule has 0 aliphatic carbocycles. The van der Waals surface area contributed by atoms with E-state index >= 15 is 0 Å². The van der Waals surface area contributed by atoms with Crippen molar-refractivity contribution < 1.29 is 14.3 Å². The first-order chi connectivity index (χ1) is 18.4. The van der Waals surface area contributed by atoms with Gasteiger partial charge in [0.15, 0.2) is 0 Å². The molecule has 0 bridgehead atoms. The van der Waals surface area contributed by atoms with Crippen molar-refractivity contribution in [3.8, 4) is 5.69 Å². The molecule has 2 aromatic carbocycles. The van der Waals surface area contributed by atoms with Crippen LogP contribution in [0, 0.1) is 16.3 Å². The number of aliphatic hydroxyl groups excluding tert-OH is 1. The van der Waals surface area contributed by atoms with E-state index in [1.165, 1.54) is 48.2 Å². The van der Waals surface area contributed by atoms with Gasteiger partial charge in [-0.05, 0) is 65.9 Å². The number of hydrogen-bond donors (Lipinski definition) is 4. The van der Waals surface area contributed by atoms with Crippen molar-refractivity contribution in [2.45, 2.75) is 33.0 Å². The molecule has 0 spiro atoms. The van der Waals surface area contributed by atoms with Gasteiger partial charge in [0.1, 0.15) is 23.2 Å². The molecule has 0 fully saturated rings. The van der Waals surface area contributed by atoms with E-state index in [0.29, 0.717) is 9.26 Å². The molecule has 13 heteroatoms. The molecule has 39 heavy (non-hydrogen) atoms. The molecule has 1 amide bonds. The number of rotatable bonds is 7. The van der Waals surface area contributed by atoms with E-state index in [2.05, 4.69) is 10.6 Å². The maximum atomic E-state index is 14.8. The highest BCUT2D eigenvalue weighted by Crippen LogP contribution is 2.28. The van der Waals surface area contributed by atoms with Crippen LogP contribution in [0.2, 0.25) is 0 Å². The first-order valence-electron chi connectivity index (χ1n) is 11.8. The van der Waals surface area contributed by atoms with Gasteiger partial charge in [0.2, 0.25) is 5.91 Å². The molecule has 0 saturated heterocycles. The Bertz CT molecular complexity index is 1790. The third kappa shape index (κ3) is 5.51. The quantitative estimate of drug-likeness (QED) is 0.177.